The predicted molar refractivity (Wildman–Crippen MR) is 112 cm³/mol. The van der Waals surface area contributed by atoms with Crippen molar-refractivity contribution in [2.24, 2.45) is 5.73 Å². The highest BCUT2D eigenvalue weighted by atomic mass is 32.1. The van der Waals surface area contributed by atoms with E-state index in [9.17, 15) is 4.79 Å². The SMILES string of the molecule is Cc1ccc(-c2ccc(CC(C)N)cc2)c(-c2ccsc2C)c1NC=O. The summed E-state index contributed by atoms with van der Waals surface area (Å²) < 4.78 is 0. The van der Waals surface area contributed by atoms with E-state index in [0.29, 0.717) is 0 Å². The van der Waals surface area contributed by atoms with E-state index in [1.165, 1.54) is 10.4 Å². The van der Waals surface area contributed by atoms with Crippen molar-refractivity contribution in [3.8, 4) is 22.3 Å². The number of carbonyl (C=O) groups excluding carboxylic acids is 1. The van der Waals surface area contributed by atoms with Gasteiger partial charge >= 0.3 is 0 Å². The van der Waals surface area contributed by atoms with Crippen LogP contribution in [0.2, 0.25) is 0 Å². The lowest BCUT2D eigenvalue weighted by atomic mass is 9.90. The predicted octanol–water partition coefficient (Wildman–Crippen LogP) is 5.16. The van der Waals surface area contributed by atoms with Crippen LogP contribution in [-0.2, 0) is 11.2 Å². The average molecular weight is 365 g/mol. The monoisotopic (exact) mass is 364 g/mol. The van der Waals surface area contributed by atoms with E-state index in [0.717, 1.165) is 46.3 Å². The number of hydrogen-bond donors (Lipinski definition) is 2. The first-order valence-corrected chi connectivity index (χ1v) is 9.62. The topological polar surface area (TPSA) is 55.1 Å². The molecule has 0 radical (unpaired) electrons. The third-order valence-electron chi connectivity index (χ3n) is 4.57. The Balaban J connectivity index is 2.17. The Morgan fingerprint density at radius 1 is 1.08 bits per heavy atom. The Kier molecular flexibility index (Phi) is 5.55. The maximum absolute atomic E-state index is 11.2. The maximum Gasteiger partial charge on any atom is 0.211 e. The number of benzene rings is 2. The van der Waals surface area contributed by atoms with Crippen molar-refractivity contribution in [3.63, 3.8) is 0 Å². The molecule has 4 heteroatoms. The average Bonchev–Trinajstić information content (AvgIpc) is 3.03. The fraction of sp³-hybridized carbons (Fsp3) is 0.227. The molecule has 3 nitrogen and oxygen atoms in total. The van der Waals surface area contributed by atoms with Gasteiger partial charge in [-0.2, -0.15) is 0 Å². The molecule has 3 N–H and O–H groups in total. The molecule has 0 saturated carbocycles. The largest absolute Gasteiger partial charge is 0.328 e. The summed E-state index contributed by atoms with van der Waals surface area (Å²) in [6, 6.07) is 15.0. The molecule has 3 rings (SSSR count). The second-order valence-electron chi connectivity index (χ2n) is 6.71. The number of aryl methyl sites for hydroxylation is 2. The molecule has 2 aromatic carbocycles. The van der Waals surface area contributed by atoms with E-state index in [1.54, 1.807) is 11.3 Å². The minimum Gasteiger partial charge on any atom is -0.328 e. The fourth-order valence-electron chi connectivity index (χ4n) is 3.31. The van der Waals surface area contributed by atoms with Crippen molar-refractivity contribution >= 4 is 23.4 Å². The number of nitrogens with one attached hydrogen (secondary N) is 1. The maximum atomic E-state index is 11.2. The van der Waals surface area contributed by atoms with Gasteiger partial charge in [0.25, 0.3) is 0 Å². The van der Waals surface area contributed by atoms with Gasteiger partial charge in [0.1, 0.15) is 0 Å². The van der Waals surface area contributed by atoms with Crippen LogP contribution in [0, 0.1) is 13.8 Å². The fourth-order valence-corrected chi connectivity index (χ4v) is 4.01. The van der Waals surface area contributed by atoms with Crippen molar-refractivity contribution in [2.45, 2.75) is 33.2 Å². The van der Waals surface area contributed by atoms with Crippen LogP contribution in [0.1, 0.15) is 22.9 Å². The van der Waals surface area contributed by atoms with Crippen LogP contribution in [0.4, 0.5) is 5.69 Å². The number of amides is 1. The Morgan fingerprint density at radius 2 is 1.81 bits per heavy atom. The first kappa shape index (κ1) is 18.4. The van der Waals surface area contributed by atoms with Gasteiger partial charge in [0.05, 0.1) is 5.69 Å². The molecule has 0 aliphatic carbocycles. The van der Waals surface area contributed by atoms with Crippen molar-refractivity contribution in [1.29, 1.82) is 0 Å². The smallest absolute Gasteiger partial charge is 0.211 e. The van der Waals surface area contributed by atoms with Gasteiger partial charge in [-0.3, -0.25) is 4.79 Å². The summed E-state index contributed by atoms with van der Waals surface area (Å²) in [6.45, 7) is 6.15. The van der Waals surface area contributed by atoms with Crippen molar-refractivity contribution in [1.82, 2.24) is 0 Å². The number of nitrogens with two attached hydrogens (primary N) is 1. The first-order valence-electron chi connectivity index (χ1n) is 8.74. The standard InChI is InChI=1S/C22H24N2OS/c1-14-4-9-20(18-7-5-17(6-8-18)12-15(2)23)21(22(14)24-13-25)19-10-11-26-16(19)3/h4-11,13,15H,12,23H2,1-3H3,(H,24,25). The molecule has 0 aliphatic rings. The highest BCUT2D eigenvalue weighted by Crippen LogP contribution is 2.42. The summed E-state index contributed by atoms with van der Waals surface area (Å²) in [5.41, 5.74) is 13.6. The van der Waals surface area contributed by atoms with Crippen LogP contribution in [0.15, 0.2) is 47.8 Å². The molecule has 3 aromatic rings. The van der Waals surface area contributed by atoms with Gasteiger partial charge in [-0.05, 0) is 66.5 Å². The molecule has 26 heavy (non-hydrogen) atoms. The Morgan fingerprint density at radius 3 is 2.38 bits per heavy atom. The molecule has 1 unspecified atom stereocenters. The van der Waals surface area contributed by atoms with Crippen LogP contribution in [0.25, 0.3) is 22.3 Å². The zero-order valence-electron chi connectivity index (χ0n) is 15.4. The van der Waals surface area contributed by atoms with Gasteiger partial charge in [-0.15, -0.1) is 11.3 Å². The highest BCUT2D eigenvalue weighted by Gasteiger charge is 2.17. The number of thiophene rings is 1. The summed E-state index contributed by atoms with van der Waals surface area (Å²) in [5.74, 6) is 0. The van der Waals surface area contributed by atoms with Gasteiger partial charge in [0.15, 0.2) is 0 Å². The second-order valence-corrected chi connectivity index (χ2v) is 7.83. The molecule has 1 heterocycles. The quantitative estimate of drug-likeness (QED) is 0.594. The highest BCUT2D eigenvalue weighted by molar-refractivity contribution is 7.10. The number of anilines is 1. The Hall–Kier alpha value is -2.43. The molecule has 134 valence electrons. The van der Waals surface area contributed by atoms with E-state index in [1.807, 2.05) is 13.8 Å². The molecule has 1 amide bonds. The summed E-state index contributed by atoms with van der Waals surface area (Å²) in [5, 5.41) is 5.01. The van der Waals surface area contributed by atoms with Gasteiger partial charge in [-0.25, -0.2) is 0 Å². The van der Waals surface area contributed by atoms with Crippen LogP contribution in [0.5, 0.6) is 0 Å². The van der Waals surface area contributed by atoms with Gasteiger partial charge in [0, 0.05) is 16.5 Å². The number of carbonyl (C=O) groups is 1. The molecular weight excluding hydrogens is 340 g/mol. The molecule has 0 bridgehead atoms. The summed E-state index contributed by atoms with van der Waals surface area (Å²) in [7, 11) is 0. The summed E-state index contributed by atoms with van der Waals surface area (Å²) in [4.78, 5) is 12.4. The van der Waals surface area contributed by atoms with Crippen LogP contribution in [0.3, 0.4) is 0 Å². The van der Waals surface area contributed by atoms with E-state index in [-0.39, 0.29) is 6.04 Å². The lowest BCUT2D eigenvalue weighted by Gasteiger charge is -2.17. The van der Waals surface area contributed by atoms with E-state index < -0.39 is 0 Å². The molecular formula is C22H24N2OS. The van der Waals surface area contributed by atoms with Gasteiger partial charge in [0.2, 0.25) is 6.41 Å². The summed E-state index contributed by atoms with van der Waals surface area (Å²) >= 11 is 1.72. The van der Waals surface area contributed by atoms with Crippen molar-refractivity contribution in [3.05, 3.63) is 63.8 Å². The minimum absolute atomic E-state index is 0.146. The first-order chi connectivity index (χ1) is 12.5. The molecule has 1 atom stereocenters. The third-order valence-corrected chi connectivity index (χ3v) is 5.41. The van der Waals surface area contributed by atoms with Gasteiger partial charge in [-0.1, -0.05) is 36.4 Å². The lowest BCUT2D eigenvalue weighted by Crippen LogP contribution is -2.17. The zero-order chi connectivity index (χ0) is 18.7. The molecule has 0 fully saturated rings. The lowest BCUT2D eigenvalue weighted by molar-refractivity contribution is -0.105. The minimum atomic E-state index is 0.146. The Bertz CT molecular complexity index is 910. The second kappa shape index (κ2) is 7.85. The molecule has 0 aliphatic heterocycles. The molecule has 0 spiro atoms. The van der Waals surface area contributed by atoms with E-state index in [2.05, 4.69) is 60.1 Å². The molecule has 1 aromatic heterocycles. The normalized spacial score (nSPS) is 12.0. The Labute approximate surface area is 158 Å². The summed E-state index contributed by atoms with van der Waals surface area (Å²) in [6.07, 6.45) is 1.62. The van der Waals surface area contributed by atoms with Gasteiger partial charge < -0.3 is 11.1 Å². The van der Waals surface area contributed by atoms with Crippen LogP contribution >= 0.6 is 11.3 Å². The third kappa shape index (κ3) is 3.71. The van der Waals surface area contributed by atoms with Crippen LogP contribution in [-0.4, -0.2) is 12.5 Å². The van der Waals surface area contributed by atoms with Crippen LogP contribution < -0.4 is 11.1 Å². The van der Waals surface area contributed by atoms with Crippen molar-refractivity contribution < 1.29 is 4.79 Å². The number of rotatable bonds is 6. The van der Waals surface area contributed by atoms with E-state index in [4.69, 9.17) is 5.73 Å². The molecule has 0 saturated heterocycles. The van der Waals surface area contributed by atoms with E-state index >= 15 is 0 Å². The van der Waals surface area contributed by atoms with Crippen molar-refractivity contribution in [2.75, 3.05) is 5.32 Å². The zero-order valence-corrected chi connectivity index (χ0v) is 16.2. The number of hydrogen-bond acceptors (Lipinski definition) is 3.